The first kappa shape index (κ1) is 16.6. The number of nitrogens with zero attached hydrogens (tertiary/aromatic N) is 7. The number of fused-ring (bicyclic) bond motifs is 1. The lowest BCUT2D eigenvalue weighted by Gasteiger charge is -2.28. The summed E-state index contributed by atoms with van der Waals surface area (Å²) in [6.07, 6.45) is 8.59. The van der Waals surface area contributed by atoms with Gasteiger partial charge < -0.3 is 14.4 Å². The van der Waals surface area contributed by atoms with E-state index in [-0.39, 0.29) is 5.92 Å². The van der Waals surface area contributed by atoms with E-state index in [1.165, 1.54) is 0 Å². The molecule has 2 aromatic heterocycles. The molecule has 3 aliphatic heterocycles. The highest BCUT2D eigenvalue weighted by Gasteiger charge is 2.35. The van der Waals surface area contributed by atoms with Gasteiger partial charge in [0.05, 0.1) is 5.92 Å². The predicted octanol–water partition coefficient (Wildman–Crippen LogP) is 1.25. The summed E-state index contributed by atoms with van der Waals surface area (Å²) in [6, 6.07) is 1.84. The quantitative estimate of drug-likeness (QED) is 0.812. The fraction of sp³-hybridized carbons (Fsp3) is 0.632. The molecule has 0 spiro atoms. The first-order valence-corrected chi connectivity index (χ1v) is 10.0. The predicted molar refractivity (Wildman–Crippen MR) is 99.3 cm³/mol. The minimum atomic E-state index is 0.0697. The molecule has 0 aromatic carbocycles. The number of rotatable bonds is 3. The maximum Gasteiger partial charge on any atom is 0.227 e. The Morgan fingerprint density at radius 1 is 1.00 bits per heavy atom. The van der Waals surface area contributed by atoms with Crippen LogP contribution in [0.3, 0.4) is 0 Å². The summed E-state index contributed by atoms with van der Waals surface area (Å²) in [7, 11) is 0. The van der Waals surface area contributed by atoms with E-state index in [1.807, 2.05) is 11.0 Å². The number of aryl methyl sites for hydroxylation is 1. The van der Waals surface area contributed by atoms with Crippen molar-refractivity contribution in [1.29, 1.82) is 0 Å². The van der Waals surface area contributed by atoms with Gasteiger partial charge >= 0.3 is 0 Å². The molecule has 0 bridgehead atoms. The smallest absolute Gasteiger partial charge is 0.227 e. The van der Waals surface area contributed by atoms with Gasteiger partial charge in [0, 0.05) is 57.5 Å². The van der Waals surface area contributed by atoms with Crippen LogP contribution >= 0.6 is 0 Å². The molecule has 2 atom stereocenters. The Bertz CT molecular complexity index is 815. The van der Waals surface area contributed by atoms with Crippen molar-refractivity contribution in [2.24, 2.45) is 5.92 Å². The summed E-state index contributed by atoms with van der Waals surface area (Å²) >= 11 is 0. The molecule has 5 heterocycles. The van der Waals surface area contributed by atoms with E-state index in [2.05, 4.69) is 29.6 Å². The van der Waals surface area contributed by atoms with Gasteiger partial charge in [-0.2, -0.15) is 0 Å². The van der Waals surface area contributed by atoms with Crippen molar-refractivity contribution in [3.05, 3.63) is 30.1 Å². The zero-order chi connectivity index (χ0) is 18.2. The highest BCUT2D eigenvalue weighted by molar-refractivity contribution is 5.79. The molecule has 3 aliphatic rings. The van der Waals surface area contributed by atoms with Gasteiger partial charge in [-0.3, -0.25) is 4.79 Å². The number of hydrogen-bond donors (Lipinski definition) is 0. The van der Waals surface area contributed by atoms with Crippen LogP contribution in [-0.4, -0.2) is 61.7 Å². The Hall–Kier alpha value is -2.51. The van der Waals surface area contributed by atoms with Crippen molar-refractivity contribution >= 4 is 11.9 Å². The Kier molecular flexibility index (Phi) is 4.26. The maximum atomic E-state index is 12.8. The van der Waals surface area contributed by atoms with Crippen molar-refractivity contribution < 1.29 is 4.79 Å². The standard InChI is InChI=1S/C19H25N7O/c27-18(24-9-1-2-10-24)15-4-5-16-22-23-17(26(16)13-15)14-6-11-25(12-14)19-20-7-3-8-21-19/h3,7-8,14-15H,1-2,4-6,9-13H2/t14-,15+/m1/s1. The zero-order valence-electron chi connectivity index (χ0n) is 15.5. The number of hydrogen-bond acceptors (Lipinski definition) is 6. The van der Waals surface area contributed by atoms with Crippen molar-refractivity contribution in [2.45, 2.75) is 44.6 Å². The van der Waals surface area contributed by atoms with Crippen LogP contribution in [0, 0.1) is 5.92 Å². The summed E-state index contributed by atoms with van der Waals surface area (Å²) < 4.78 is 2.22. The molecule has 2 aromatic rings. The molecule has 2 fully saturated rings. The molecule has 142 valence electrons. The number of aromatic nitrogens is 5. The molecule has 8 heteroatoms. The summed E-state index contributed by atoms with van der Waals surface area (Å²) in [5, 5.41) is 8.95. The first-order valence-electron chi connectivity index (χ1n) is 10.0. The van der Waals surface area contributed by atoms with Crippen molar-refractivity contribution in [3.63, 3.8) is 0 Å². The number of likely N-dealkylation sites (tertiary alicyclic amines) is 1. The van der Waals surface area contributed by atoms with Gasteiger partial charge in [-0.1, -0.05) is 0 Å². The topological polar surface area (TPSA) is 80.0 Å². The van der Waals surface area contributed by atoms with Crippen LogP contribution in [-0.2, 0) is 17.8 Å². The molecule has 27 heavy (non-hydrogen) atoms. The molecule has 1 amide bonds. The highest BCUT2D eigenvalue weighted by atomic mass is 16.2. The van der Waals surface area contributed by atoms with Crippen molar-refractivity contribution in [2.75, 3.05) is 31.1 Å². The number of amides is 1. The number of anilines is 1. The van der Waals surface area contributed by atoms with E-state index in [0.29, 0.717) is 11.8 Å². The minimum Gasteiger partial charge on any atom is -0.342 e. The molecular weight excluding hydrogens is 342 g/mol. The lowest BCUT2D eigenvalue weighted by Crippen LogP contribution is -2.38. The average molecular weight is 367 g/mol. The lowest BCUT2D eigenvalue weighted by molar-refractivity contribution is -0.135. The van der Waals surface area contributed by atoms with Crippen molar-refractivity contribution in [1.82, 2.24) is 29.6 Å². The van der Waals surface area contributed by atoms with Crippen LogP contribution in [0.4, 0.5) is 5.95 Å². The van der Waals surface area contributed by atoms with Crippen LogP contribution in [0.5, 0.6) is 0 Å². The van der Waals surface area contributed by atoms with Gasteiger partial charge in [0.2, 0.25) is 11.9 Å². The van der Waals surface area contributed by atoms with Crippen LogP contribution in [0.2, 0.25) is 0 Å². The monoisotopic (exact) mass is 367 g/mol. The van der Waals surface area contributed by atoms with Gasteiger partial charge in [-0.05, 0) is 31.7 Å². The molecular formula is C19H25N7O. The van der Waals surface area contributed by atoms with E-state index in [9.17, 15) is 4.79 Å². The van der Waals surface area contributed by atoms with Gasteiger partial charge in [0.1, 0.15) is 11.6 Å². The highest BCUT2D eigenvalue weighted by Crippen LogP contribution is 2.31. The van der Waals surface area contributed by atoms with Gasteiger partial charge in [-0.25, -0.2) is 9.97 Å². The largest absolute Gasteiger partial charge is 0.342 e. The molecule has 0 N–H and O–H groups in total. The van der Waals surface area contributed by atoms with E-state index in [4.69, 9.17) is 0 Å². The van der Waals surface area contributed by atoms with Crippen LogP contribution in [0.1, 0.15) is 43.3 Å². The molecule has 0 radical (unpaired) electrons. The fourth-order valence-electron chi connectivity index (χ4n) is 4.65. The third-order valence-corrected chi connectivity index (χ3v) is 6.13. The third kappa shape index (κ3) is 3.07. The Balaban J connectivity index is 1.32. The van der Waals surface area contributed by atoms with Gasteiger partial charge in [0.25, 0.3) is 0 Å². The van der Waals surface area contributed by atoms with Crippen LogP contribution in [0.25, 0.3) is 0 Å². The van der Waals surface area contributed by atoms with Gasteiger partial charge in [0.15, 0.2) is 0 Å². The Morgan fingerprint density at radius 2 is 1.81 bits per heavy atom. The number of carbonyl (C=O) groups excluding carboxylic acids is 1. The van der Waals surface area contributed by atoms with Gasteiger partial charge in [-0.15, -0.1) is 10.2 Å². The first-order chi connectivity index (χ1) is 13.3. The normalized spacial score (nSPS) is 25.0. The average Bonchev–Trinajstić information content (AvgIpc) is 3.47. The molecule has 0 saturated carbocycles. The lowest BCUT2D eigenvalue weighted by atomic mass is 9.97. The maximum absolute atomic E-state index is 12.8. The van der Waals surface area contributed by atoms with Crippen LogP contribution < -0.4 is 4.90 Å². The molecule has 0 unspecified atom stereocenters. The molecule has 0 aliphatic carbocycles. The van der Waals surface area contributed by atoms with E-state index in [1.54, 1.807) is 12.4 Å². The molecule has 2 saturated heterocycles. The Morgan fingerprint density at radius 3 is 2.63 bits per heavy atom. The molecule has 5 rings (SSSR count). The number of carbonyl (C=O) groups is 1. The minimum absolute atomic E-state index is 0.0697. The van der Waals surface area contributed by atoms with Crippen molar-refractivity contribution in [3.8, 4) is 0 Å². The summed E-state index contributed by atoms with van der Waals surface area (Å²) in [5.74, 6) is 3.55. The molecule has 8 nitrogen and oxygen atoms in total. The van der Waals surface area contributed by atoms with E-state index >= 15 is 0 Å². The second-order valence-corrected chi connectivity index (χ2v) is 7.83. The zero-order valence-corrected chi connectivity index (χ0v) is 15.5. The van der Waals surface area contributed by atoms with E-state index in [0.717, 1.165) is 82.4 Å². The second-order valence-electron chi connectivity index (χ2n) is 7.83. The third-order valence-electron chi connectivity index (χ3n) is 6.13. The van der Waals surface area contributed by atoms with E-state index < -0.39 is 0 Å². The fourth-order valence-corrected chi connectivity index (χ4v) is 4.65. The SMILES string of the molecule is O=C([C@H]1CCc2nnc([C@@H]3CCN(c4ncccn4)C3)n2C1)N1CCCC1. The Labute approximate surface area is 158 Å². The second kappa shape index (κ2) is 6.90. The summed E-state index contributed by atoms with van der Waals surface area (Å²) in [6.45, 7) is 4.35. The summed E-state index contributed by atoms with van der Waals surface area (Å²) in [4.78, 5) is 25.8. The summed E-state index contributed by atoms with van der Waals surface area (Å²) in [5.41, 5.74) is 0. The van der Waals surface area contributed by atoms with Crippen LogP contribution in [0.15, 0.2) is 18.5 Å².